The van der Waals surface area contributed by atoms with Crippen molar-refractivity contribution < 1.29 is 33.5 Å². The van der Waals surface area contributed by atoms with E-state index in [-0.39, 0.29) is 23.4 Å². The molecule has 12 heteroatoms. The highest BCUT2D eigenvalue weighted by atomic mass is 35.5. The molecule has 0 atom stereocenters. The summed E-state index contributed by atoms with van der Waals surface area (Å²) in [5.41, 5.74) is 0.473. The van der Waals surface area contributed by atoms with Crippen LogP contribution in [-0.2, 0) is 14.4 Å². The van der Waals surface area contributed by atoms with Crippen LogP contribution in [0, 0.1) is 12.7 Å². The summed E-state index contributed by atoms with van der Waals surface area (Å²) in [6.45, 7) is 3.40. The van der Waals surface area contributed by atoms with Gasteiger partial charge < -0.3 is 20.1 Å². The zero-order valence-electron chi connectivity index (χ0n) is 14.6. The minimum absolute atomic E-state index is 0.0198. The summed E-state index contributed by atoms with van der Waals surface area (Å²) < 4.78 is 18.1. The second-order valence-electron chi connectivity index (χ2n) is 5.86. The van der Waals surface area contributed by atoms with Gasteiger partial charge in [-0.25, -0.2) is 14.0 Å². The summed E-state index contributed by atoms with van der Waals surface area (Å²) in [7, 11) is 0. The van der Waals surface area contributed by atoms with Crippen LogP contribution in [0.2, 0.25) is 5.02 Å². The van der Waals surface area contributed by atoms with Crippen LogP contribution in [0.3, 0.4) is 0 Å². The van der Waals surface area contributed by atoms with Gasteiger partial charge in [-0.3, -0.25) is 9.69 Å². The Bertz CT molecular complexity index is 872. The molecule has 10 nitrogen and oxygen atoms in total. The fraction of sp³-hybridized carbons (Fsp3) is 0.312. The van der Waals surface area contributed by atoms with Gasteiger partial charge >= 0.3 is 11.9 Å². The molecule has 150 valence electrons. The highest BCUT2D eigenvalue weighted by Crippen LogP contribution is 2.25. The molecule has 0 bridgehead atoms. The van der Waals surface area contributed by atoms with E-state index in [2.05, 4.69) is 15.5 Å². The summed E-state index contributed by atoms with van der Waals surface area (Å²) in [5.74, 6) is -2.94. The van der Waals surface area contributed by atoms with Gasteiger partial charge in [-0.1, -0.05) is 16.8 Å². The summed E-state index contributed by atoms with van der Waals surface area (Å²) in [6.07, 6.45) is 0. The van der Waals surface area contributed by atoms with Gasteiger partial charge in [0, 0.05) is 18.8 Å². The fourth-order valence-electron chi connectivity index (χ4n) is 2.31. The van der Waals surface area contributed by atoms with Crippen LogP contribution in [0.15, 0.2) is 22.7 Å². The van der Waals surface area contributed by atoms with Crippen LogP contribution in [-0.4, -0.2) is 62.7 Å². The summed E-state index contributed by atoms with van der Waals surface area (Å²) in [5, 5.41) is 21.2. The van der Waals surface area contributed by atoms with E-state index < -0.39 is 17.8 Å². The van der Waals surface area contributed by atoms with Gasteiger partial charge in [0.15, 0.2) is 5.82 Å². The number of amides is 1. The molecule has 0 unspecified atom stereocenters. The lowest BCUT2D eigenvalue weighted by molar-refractivity contribution is -0.159. The van der Waals surface area contributed by atoms with Crippen molar-refractivity contribution in [2.75, 3.05) is 25.0 Å². The maximum absolute atomic E-state index is 13.0. The van der Waals surface area contributed by atoms with E-state index in [0.29, 0.717) is 30.5 Å². The molecule has 28 heavy (non-hydrogen) atoms. The third kappa shape index (κ3) is 5.99. The molecule has 2 aromatic rings. The quantitative estimate of drug-likeness (QED) is 0.631. The Morgan fingerprint density at radius 1 is 1.32 bits per heavy atom. The van der Waals surface area contributed by atoms with Gasteiger partial charge in [-0.05, 0) is 25.1 Å². The van der Waals surface area contributed by atoms with E-state index in [1.165, 1.54) is 18.2 Å². The maximum atomic E-state index is 13.0. The number of aryl methyl sites for hydroxylation is 1. The molecule has 0 aliphatic carbocycles. The minimum atomic E-state index is -1.82. The number of nitrogens with zero attached hydrogens (tertiary/aromatic N) is 3. The van der Waals surface area contributed by atoms with Crippen LogP contribution in [0.5, 0.6) is 0 Å². The Kier molecular flexibility index (Phi) is 7.01. The Hall–Kier alpha value is -3.05. The molecule has 3 N–H and O–H groups in total. The average Bonchev–Trinajstić information content (AvgIpc) is 3.00. The van der Waals surface area contributed by atoms with Crippen molar-refractivity contribution in [2.45, 2.75) is 12.8 Å². The van der Waals surface area contributed by atoms with Crippen molar-refractivity contribution in [3.8, 4) is 0 Å². The molecule has 1 saturated heterocycles. The maximum Gasteiger partial charge on any atom is 0.414 e. The number of carboxylic acids is 2. The van der Waals surface area contributed by atoms with Crippen LogP contribution in [0.4, 0.5) is 10.1 Å². The topological polar surface area (TPSA) is 146 Å². The van der Waals surface area contributed by atoms with Crippen LogP contribution in [0.25, 0.3) is 0 Å². The monoisotopic (exact) mass is 414 g/mol. The lowest BCUT2D eigenvalue weighted by atomic mass is 10.0. The number of hydrogen-bond donors (Lipinski definition) is 3. The smallest absolute Gasteiger partial charge is 0.414 e. The first kappa shape index (κ1) is 21.3. The summed E-state index contributed by atoms with van der Waals surface area (Å²) in [6, 6.07) is 4.07. The van der Waals surface area contributed by atoms with Crippen molar-refractivity contribution in [3.05, 3.63) is 40.8 Å². The number of hydrogen-bond acceptors (Lipinski definition) is 7. The third-order valence-corrected chi connectivity index (χ3v) is 3.89. The van der Waals surface area contributed by atoms with E-state index in [0.717, 1.165) is 0 Å². The number of carbonyl (C=O) groups is 3. The van der Waals surface area contributed by atoms with E-state index in [1.807, 2.05) is 4.90 Å². The Morgan fingerprint density at radius 3 is 2.46 bits per heavy atom. The number of anilines is 1. The Morgan fingerprint density at radius 2 is 1.96 bits per heavy atom. The minimum Gasteiger partial charge on any atom is -0.473 e. The van der Waals surface area contributed by atoms with Crippen molar-refractivity contribution in [3.63, 3.8) is 0 Å². The first-order valence-corrected chi connectivity index (χ1v) is 8.27. The van der Waals surface area contributed by atoms with Crippen LogP contribution >= 0.6 is 11.6 Å². The molecule has 1 fully saturated rings. The molecule has 0 saturated carbocycles. The predicted molar refractivity (Wildman–Crippen MR) is 93.5 cm³/mol. The van der Waals surface area contributed by atoms with Crippen molar-refractivity contribution in [1.82, 2.24) is 15.0 Å². The Labute approximate surface area is 162 Å². The molecule has 0 radical (unpaired) electrons. The number of aromatic nitrogens is 2. The molecular weight excluding hydrogens is 399 g/mol. The van der Waals surface area contributed by atoms with Gasteiger partial charge in [0.1, 0.15) is 5.82 Å². The van der Waals surface area contributed by atoms with Crippen molar-refractivity contribution in [1.29, 1.82) is 0 Å². The number of rotatable bonds is 4. The number of likely N-dealkylation sites (tertiary alicyclic amines) is 1. The Balaban J connectivity index is 0.000000409. The number of nitrogens with one attached hydrogen (secondary N) is 1. The SMILES string of the molecule is Cc1noc(C2CN(CC(=O)Nc3ccc(F)c(Cl)c3)C2)n1.O=C(O)C(=O)O. The molecule has 1 aliphatic rings. The largest absolute Gasteiger partial charge is 0.473 e. The van der Waals surface area contributed by atoms with E-state index in [1.54, 1.807) is 6.92 Å². The molecule has 3 rings (SSSR count). The van der Waals surface area contributed by atoms with E-state index in [4.69, 9.17) is 35.9 Å². The van der Waals surface area contributed by atoms with Gasteiger partial charge in [-0.15, -0.1) is 0 Å². The molecular formula is C16H16ClFN4O6. The van der Waals surface area contributed by atoms with Gasteiger partial charge in [0.2, 0.25) is 11.8 Å². The van der Waals surface area contributed by atoms with E-state index >= 15 is 0 Å². The first-order valence-electron chi connectivity index (χ1n) is 7.89. The highest BCUT2D eigenvalue weighted by molar-refractivity contribution is 6.31. The zero-order valence-corrected chi connectivity index (χ0v) is 15.3. The van der Waals surface area contributed by atoms with Crippen LogP contribution in [0.1, 0.15) is 17.6 Å². The molecule has 0 spiro atoms. The second kappa shape index (κ2) is 9.24. The number of carbonyl (C=O) groups excluding carboxylic acids is 1. The molecule has 1 aromatic heterocycles. The standard InChI is InChI=1S/C14H14ClFN4O2.C2H2O4/c1-8-17-14(22-19-8)9-5-20(6-9)7-13(21)18-10-2-3-12(16)11(15)4-10;3-1(4)2(5)6/h2-4,9H,5-7H2,1H3,(H,18,21);(H,3,4)(H,5,6). The summed E-state index contributed by atoms with van der Waals surface area (Å²) >= 11 is 5.67. The second-order valence-corrected chi connectivity index (χ2v) is 6.27. The average molecular weight is 415 g/mol. The zero-order chi connectivity index (χ0) is 20.8. The number of halogens is 2. The summed E-state index contributed by atoms with van der Waals surface area (Å²) in [4.78, 5) is 36.3. The highest BCUT2D eigenvalue weighted by Gasteiger charge is 2.33. The fourth-order valence-corrected chi connectivity index (χ4v) is 2.49. The van der Waals surface area contributed by atoms with Gasteiger partial charge in [-0.2, -0.15) is 4.98 Å². The number of aliphatic carboxylic acids is 2. The number of benzene rings is 1. The lowest BCUT2D eigenvalue weighted by Crippen LogP contribution is -2.48. The van der Waals surface area contributed by atoms with Gasteiger partial charge in [0.25, 0.3) is 0 Å². The third-order valence-electron chi connectivity index (χ3n) is 3.60. The first-order chi connectivity index (χ1) is 13.2. The van der Waals surface area contributed by atoms with Crippen molar-refractivity contribution >= 4 is 35.1 Å². The van der Waals surface area contributed by atoms with E-state index in [9.17, 15) is 9.18 Å². The molecule has 1 aliphatic heterocycles. The molecule has 1 aromatic carbocycles. The normalized spacial score (nSPS) is 13.8. The number of carboxylic acid groups (broad SMARTS) is 2. The van der Waals surface area contributed by atoms with Crippen LogP contribution < -0.4 is 5.32 Å². The molecule has 1 amide bonds. The van der Waals surface area contributed by atoms with Gasteiger partial charge in [0.05, 0.1) is 17.5 Å². The predicted octanol–water partition coefficient (Wildman–Crippen LogP) is 1.36. The lowest BCUT2D eigenvalue weighted by Gasteiger charge is -2.36. The van der Waals surface area contributed by atoms with Crippen molar-refractivity contribution in [2.24, 2.45) is 0 Å². The molecule has 2 heterocycles.